The molecular formula is C27H45F3O2. The maximum Gasteiger partial charge on any atom is 0.414 e. The molecule has 186 valence electrons. The first-order valence-corrected chi connectivity index (χ1v) is 13.3. The van der Waals surface area contributed by atoms with Crippen LogP contribution < -0.4 is 0 Å². The summed E-state index contributed by atoms with van der Waals surface area (Å²) in [6, 6.07) is 0. The molecule has 0 heterocycles. The van der Waals surface area contributed by atoms with Gasteiger partial charge in [-0.1, -0.05) is 27.7 Å². The van der Waals surface area contributed by atoms with E-state index in [1.807, 2.05) is 0 Å². The molecule has 0 spiro atoms. The SMILES string of the molecule is CC[C@]1(O)CCC2(C)C(CCC3C2CCC2(C)C3CCC2[C@H](C)CCC(O)C(F)(F)F)C1. The summed E-state index contributed by atoms with van der Waals surface area (Å²) in [6.07, 6.45) is 4.76. The molecule has 2 N–H and O–H groups in total. The molecule has 2 nitrogen and oxygen atoms in total. The van der Waals surface area contributed by atoms with Crippen molar-refractivity contribution < 1.29 is 23.4 Å². The van der Waals surface area contributed by atoms with Gasteiger partial charge in [-0.15, -0.1) is 0 Å². The lowest BCUT2D eigenvalue weighted by atomic mass is 9.43. The van der Waals surface area contributed by atoms with Crippen LogP contribution in [-0.2, 0) is 0 Å². The Morgan fingerprint density at radius 2 is 1.59 bits per heavy atom. The molecular weight excluding hydrogens is 413 g/mol. The topological polar surface area (TPSA) is 40.5 Å². The third-order valence-corrected chi connectivity index (χ3v) is 11.5. The lowest BCUT2D eigenvalue weighted by Gasteiger charge is -2.62. The maximum atomic E-state index is 12.8. The predicted octanol–water partition coefficient (Wildman–Crippen LogP) is 7.13. The molecule has 4 aliphatic rings. The van der Waals surface area contributed by atoms with Gasteiger partial charge in [-0.2, -0.15) is 13.2 Å². The van der Waals surface area contributed by atoms with Gasteiger partial charge in [0, 0.05) is 0 Å². The Bertz CT molecular complexity index is 680. The molecule has 0 aromatic heterocycles. The zero-order valence-electron chi connectivity index (χ0n) is 20.6. The van der Waals surface area contributed by atoms with Crippen LogP contribution in [0.5, 0.6) is 0 Å². The van der Waals surface area contributed by atoms with Crippen molar-refractivity contribution in [1.29, 1.82) is 0 Å². The zero-order valence-corrected chi connectivity index (χ0v) is 20.6. The quantitative estimate of drug-likeness (QED) is 0.460. The fraction of sp³-hybridized carbons (Fsp3) is 1.00. The summed E-state index contributed by atoms with van der Waals surface area (Å²) in [6.45, 7) is 9.19. The third kappa shape index (κ3) is 4.06. The van der Waals surface area contributed by atoms with Gasteiger partial charge in [0.2, 0.25) is 0 Å². The van der Waals surface area contributed by atoms with Crippen molar-refractivity contribution in [2.24, 2.45) is 46.3 Å². The molecule has 4 fully saturated rings. The standard InChI is InChI=1S/C27H45F3O2/c1-5-26(32)15-14-24(3)18(16-26)7-8-19-21-10-9-20(25(21,4)13-12-22(19)24)17(2)6-11-23(31)27(28,29)30/h17-23,31-32H,5-16H2,1-4H3/t17-,18?,19?,20?,21?,22?,23?,24?,25?,26+/m1/s1. The molecule has 4 rings (SSSR count). The Labute approximate surface area is 192 Å². The second-order valence-corrected chi connectivity index (χ2v) is 12.8. The minimum atomic E-state index is -4.50. The summed E-state index contributed by atoms with van der Waals surface area (Å²) in [4.78, 5) is 0. The van der Waals surface area contributed by atoms with Gasteiger partial charge in [-0.25, -0.2) is 0 Å². The number of hydrogen-bond donors (Lipinski definition) is 2. The Kier molecular flexibility index (Phi) is 6.54. The van der Waals surface area contributed by atoms with E-state index in [2.05, 4.69) is 27.7 Å². The molecule has 0 aliphatic heterocycles. The van der Waals surface area contributed by atoms with E-state index in [0.29, 0.717) is 29.6 Å². The van der Waals surface area contributed by atoms with E-state index in [-0.39, 0.29) is 17.8 Å². The van der Waals surface area contributed by atoms with Crippen molar-refractivity contribution in [3.63, 3.8) is 0 Å². The first kappa shape index (κ1) is 24.8. The fourth-order valence-corrected chi connectivity index (χ4v) is 9.40. The maximum absolute atomic E-state index is 12.8. The van der Waals surface area contributed by atoms with Crippen molar-refractivity contribution in [1.82, 2.24) is 0 Å². The van der Waals surface area contributed by atoms with Crippen LogP contribution in [0.3, 0.4) is 0 Å². The van der Waals surface area contributed by atoms with Gasteiger partial charge in [-0.3, -0.25) is 0 Å². The number of hydrogen-bond acceptors (Lipinski definition) is 2. The summed E-state index contributed by atoms with van der Waals surface area (Å²) >= 11 is 0. The van der Waals surface area contributed by atoms with Crippen LogP contribution in [-0.4, -0.2) is 28.1 Å². The minimum absolute atomic E-state index is 0.173. The molecule has 32 heavy (non-hydrogen) atoms. The second-order valence-electron chi connectivity index (χ2n) is 12.8. The van der Waals surface area contributed by atoms with Crippen molar-refractivity contribution in [3.8, 4) is 0 Å². The summed E-state index contributed by atoms with van der Waals surface area (Å²) in [5.74, 6) is 3.48. The second kappa shape index (κ2) is 8.43. The molecule has 4 aliphatic carbocycles. The van der Waals surface area contributed by atoms with Crippen molar-refractivity contribution in [3.05, 3.63) is 0 Å². The van der Waals surface area contributed by atoms with Gasteiger partial charge in [0.1, 0.15) is 6.10 Å². The lowest BCUT2D eigenvalue weighted by molar-refractivity contribution is -0.206. The first-order chi connectivity index (χ1) is 14.8. The lowest BCUT2D eigenvalue weighted by Crippen LogP contribution is -2.56. The molecule has 0 aromatic carbocycles. The average Bonchev–Trinajstić information content (AvgIpc) is 3.09. The molecule has 0 saturated heterocycles. The molecule has 4 saturated carbocycles. The molecule has 10 atom stereocenters. The Balaban J connectivity index is 1.45. The summed E-state index contributed by atoms with van der Waals surface area (Å²) in [7, 11) is 0. The molecule has 0 radical (unpaired) electrons. The van der Waals surface area contributed by atoms with Crippen molar-refractivity contribution >= 4 is 0 Å². The van der Waals surface area contributed by atoms with Crippen LogP contribution in [0, 0.1) is 46.3 Å². The smallest absolute Gasteiger partial charge is 0.390 e. The van der Waals surface area contributed by atoms with Gasteiger partial charge < -0.3 is 10.2 Å². The largest absolute Gasteiger partial charge is 0.414 e. The van der Waals surface area contributed by atoms with Crippen LogP contribution >= 0.6 is 0 Å². The predicted molar refractivity (Wildman–Crippen MR) is 121 cm³/mol. The number of aliphatic hydroxyl groups is 2. The number of fused-ring (bicyclic) bond motifs is 5. The van der Waals surface area contributed by atoms with Crippen LogP contribution in [0.1, 0.15) is 105 Å². The van der Waals surface area contributed by atoms with Gasteiger partial charge in [0.25, 0.3) is 0 Å². The zero-order chi connectivity index (χ0) is 23.5. The normalized spacial score (nSPS) is 48.5. The highest BCUT2D eigenvalue weighted by Crippen LogP contribution is 2.69. The van der Waals surface area contributed by atoms with E-state index in [0.717, 1.165) is 43.9 Å². The summed E-state index contributed by atoms with van der Waals surface area (Å²) in [5, 5.41) is 20.4. The van der Waals surface area contributed by atoms with Gasteiger partial charge in [0.15, 0.2) is 0 Å². The fourth-order valence-electron chi connectivity index (χ4n) is 9.40. The number of alkyl halides is 3. The van der Waals surface area contributed by atoms with Crippen LogP contribution in [0.4, 0.5) is 13.2 Å². The van der Waals surface area contributed by atoms with Crippen LogP contribution in [0.25, 0.3) is 0 Å². The van der Waals surface area contributed by atoms with Gasteiger partial charge in [0.05, 0.1) is 5.60 Å². The number of aliphatic hydroxyl groups excluding tert-OH is 1. The van der Waals surface area contributed by atoms with Crippen molar-refractivity contribution in [2.75, 3.05) is 0 Å². The van der Waals surface area contributed by atoms with Gasteiger partial charge >= 0.3 is 6.18 Å². The molecule has 0 aromatic rings. The summed E-state index contributed by atoms with van der Waals surface area (Å²) < 4.78 is 38.3. The van der Waals surface area contributed by atoms with Crippen molar-refractivity contribution in [2.45, 2.75) is 123 Å². The highest BCUT2D eigenvalue weighted by Gasteiger charge is 2.61. The molecule has 8 unspecified atom stereocenters. The highest BCUT2D eigenvalue weighted by molar-refractivity contribution is 5.10. The number of rotatable bonds is 5. The van der Waals surface area contributed by atoms with Crippen LogP contribution in [0.2, 0.25) is 0 Å². The minimum Gasteiger partial charge on any atom is -0.390 e. The van der Waals surface area contributed by atoms with E-state index in [4.69, 9.17) is 0 Å². The Hall–Kier alpha value is -0.290. The first-order valence-electron chi connectivity index (χ1n) is 13.3. The van der Waals surface area contributed by atoms with E-state index >= 15 is 0 Å². The monoisotopic (exact) mass is 458 g/mol. The van der Waals surface area contributed by atoms with E-state index < -0.39 is 17.9 Å². The van der Waals surface area contributed by atoms with Gasteiger partial charge in [-0.05, 0) is 123 Å². The average molecular weight is 459 g/mol. The molecule has 0 amide bonds. The summed E-state index contributed by atoms with van der Waals surface area (Å²) in [5.41, 5.74) is 0.104. The van der Waals surface area contributed by atoms with E-state index in [9.17, 15) is 23.4 Å². The molecule has 5 heteroatoms. The van der Waals surface area contributed by atoms with E-state index in [1.54, 1.807) is 0 Å². The number of halogens is 3. The highest BCUT2D eigenvalue weighted by atomic mass is 19.4. The Morgan fingerprint density at radius 1 is 0.906 bits per heavy atom. The van der Waals surface area contributed by atoms with Crippen LogP contribution in [0.15, 0.2) is 0 Å². The third-order valence-electron chi connectivity index (χ3n) is 11.5. The van der Waals surface area contributed by atoms with E-state index in [1.165, 1.54) is 32.1 Å². The Morgan fingerprint density at radius 3 is 2.25 bits per heavy atom. The molecule has 0 bridgehead atoms.